The average molecular weight is 291 g/mol. The highest BCUT2D eigenvalue weighted by molar-refractivity contribution is 7.13. The second-order valence-electron chi connectivity index (χ2n) is 5.20. The highest BCUT2D eigenvalue weighted by atomic mass is 32.1. The van der Waals surface area contributed by atoms with E-state index in [9.17, 15) is 4.79 Å². The van der Waals surface area contributed by atoms with E-state index >= 15 is 0 Å². The molecule has 2 N–H and O–H groups in total. The Morgan fingerprint density at radius 1 is 1.50 bits per heavy atom. The van der Waals surface area contributed by atoms with Crippen molar-refractivity contribution in [1.29, 1.82) is 0 Å². The minimum Gasteiger partial charge on any atom is -0.366 e. The molecule has 2 aromatic rings. The van der Waals surface area contributed by atoms with Crippen LogP contribution in [0.25, 0.3) is 10.6 Å². The number of amides is 1. The van der Waals surface area contributed by atoms with E-state index in [4.69, 9.17) is 5.73 Å². The van der Waals surface area contributed by atoms with Crippen molar-refractivity contribution in [1.82, 2.24) is 9.55 Å². The number of nitrogens with two attached hydrogens (primary N) is 1. The van der Waals surface area contributed by atoms with Gasteiger partial charge in [0.15, 0.2) is 0 Å². The predicted molar refractivity (Wildman–Crippen MR) is 83.2 cm³/mol. The summed E-state index contributed by atoms with van der Waals surface area (Å²) in [4.78, 5) is 16.3. The highest BCUT2D eigenvalue weighted by Crippen LogP contribution is 2.36. The molecule has 0 radical (unpaired) electrons. The molecule has 0 atom stereocenters. The van der Waals surface area contributed by atoms with Gasteiger partial charge in [-0.25, -0.2) is 4.98 Å². The Morgan fingerprint density at radius 3 is 2.65 bits per heavy atom. The van der Waals surface area contributed by atoms with Gasteiger partial charge in [0.1, 0.15) is 5.01 Å². The monoisotopic (exact) mass is 291 g/mol. The molecule has 2 rings (SSSR count). The summed E-state index contributed by atoms with van der Waals surface area (Å²) in [6.45, 7) is 8.37. The third-order valence-corrected chi connectivity index (χ3v) is 4.24. The van der Waals surface area contributed by atoms with E-state index in [1.54, 1.807) is 17.5 Å². The maximum atomic E-state index is 11.9. The quantitative estimate of drug-likeness (QED) is 0.915. The molecule has 2 heterocycles. The van der Waals surface area contributed by atoms with Crippen LogP contribution in [-0.2, 0) is 6.42 Å². The fraction of sp³-hybridized carbons (Fsp3) is 0.467. The molecule has 0 aliphatic carbocycles. The van der Waals surface area contributed by atoms with Crippen LogP contribution in [0.1, 0.15) is 55.0 Å². The molecule has 0 saturated heterocycles. The van der Waals surface area contributed by atoms with Crippen LogP contribution in [0.15, 0.2) is 11.6 Å². The molecule has 20 heavy (non-hydrogen) atoms. The van der Waals surface area contributed by atoms with Crippen molar-refractivity contribution in [2.45, 2.75) is 46.6 Å². The van der Waals surface area contributed by atoms with Crippen LogP contribution >= 0.6 is 11.3 Å². The van der Waals surface area contributed by atoms with Gasteiger partial charge in [-0.2, -0.15) is 0 Å². The van der Waals surface area contributed by atoms with E-state index in [-0.39, 0.29) is 5.91 Å². The molecule has 0 fully saturated rings. The summed E-state index contributed by atoms with van der Waals surface area (Å²) >= 11 is 1.55. The molecule has 108 valence electrons. The standard InChI is InChI=1S/C15H21N3OS/c1-5-6-11-13(15-17-7-8-20-15)12(14(16)19)10(4)18(11)9(2)3/h7-9H,5-6H2,1-4H3,(H2,16,19). The Kier molecular flexibility index (Phi) is 4.28. The third kappa shape index (κ3) is 2.38. The van der Waals surface area contributed by atoms with Gasteiger partial charge in [0, 0.05) is 34.6 Å². The first-order chi connectivity index (χ1) is 9.49. The molecular weight excluding hydrogens is 270 g/mol. The van der Waals surface area contributed by atoms with Gasteiger partial charge in [0.25, 0.3) is 5.91 Å². The lowest BCUT2D eigenvalue weighted by Gasteiger charge is -2.15. The zero-order chi connectivity index (χ0) is 14.9. The van der Waals surface area contributed by atoms with Crippen LogP contribution in [0.4, 0.5) is 0 Å². The van der Waals surface area contributed by atoms with Crippen molar-refractivity contribution < 1.29 is 4.79 Å². The zero-order valence-corrected chi connectivity index (χ0v) is 13.3. The Morgan fingerprint density at radius 2 is 2.20 bits per heavy atom. The number of carbonyl (C=O) groups is 1. The molecule has 0 bridgehead atoms. The normalized spacial score (nSPS) is 11.2. The van der Waals surface area contributed by atoms with Crippen molar-refractivity contribution in [3.05, 3.63) is 28.5 Å². The lowest BCUT2D eigenvalue weighted by Crippen LogP contribution is -2.14. The molecule has 0 saturated carbocycles. The average Bonchev–Trinajstić information content (AvgIpc) is 2.95. The number of primary amides is 1. The second kappa shape index (κ2) is 5.79. The molecule has 1 amide bonds. The molecule has 4 nitrogen and oxygen atoms in total. The number of hydrogen-bond donors (Lipinski definition) is 1. The maximum absolute atomic E-state index is 11.9. The van der Waals surface area contributed by atoms with Gasteiger partial charge in [-0.1, -0.05) is 13.3 Å². The van der Waals surface area contributed by atoms with Gasteiger partial charge < -0.3 is 10.3 Å². The molecule has 0 aromatic carbocycles. The van der Waals surface area contributed by atoms with Crippen molar-refractivity contribution in [3.63, 3.8) is 0 Å². The first-order valence-electron chi connectivity index (χ1n) is 6.92. The van der Waals surface area contributed by atoms with Gasteiger partial charge in [0.2, 0.25) is 0 Å². The number of hydrogen-bond acceptors (Lipinski definition) is 3. The minimum absolute atomic E-state index is 0.295. The lowest BCUT2D eigenvalue weighted by molar-refractivity contribution is 0.1000. The first kappa shape index (κ1) is 14.8. The Hall–Kier alpha value is -1.62. The third-order valence-electron chi connectivity index (χ3n) is 3.45. The van der Waals surface area contributed by atoms with Crippen LogP contribution in [0.2, 0.25) is 0 Å². The van der Waals surface area contributed by atoms with Gasteiger partial charge in [0.05, 0.1) is 5.56 Å². The van der Waals surface area contributed by atoms with E-state index in [0.29, 0.717) is 11.6 Å². The fourth-order valence-electron chi connectivity index (χ4n) is 2.83. The molecule has 5 heteroatoms. The summed E-state index contributed by atoms with van der Waals surface area (Å²) in [5.41, 5.74) is 9.29. The summed E-state index contributed by atoms with van der Waals surface area (Å²) < 4.78 is 2.22. The van der Waals surface area contributed by atoms with Crippen LogP contribution in [0.3, 0.4) is 0 Å². The van der Waals surface area contributed by atoms with E-state index in [1.807, 2.05) is 12.3 Å². The number of nitrogens with zero attached hydrogens (tertiary/aromatic N) is 2. The molecule has 0 aliphatic heterocycles. The van der Waals surface area contributed by atoms with Crippen molar-refractivity contribution in [2.24, 2.45) is 5.73 Å². The second-order valence-corrected chi connectivity index (χ2v) is 6.09. The molecule has 2 aromatic heterocycles. The van der Waals surface area contributed by atoms with Gasteiger partial charge in [-0.05, 0) is 27.2 Å². The van der Waals surface area contributed by atoms with Gasteiger partial charge in [-0.15, -0.1) is 11.3 Å². The fourth-order valence-corrected chi connectivity index (χ4v) is 3.54. The Balaban J connectivity index is 2.80. The smallest absolute Gasteiger partial charge is 0.251 e. The predicted octanol–water partition coefficient (Wildman–Crippen LogP) is 3.55. The number of thiazole rings is 1. The first-order valence-corrected chi connectivity index (χ1v) is 7.80. The van der Waals surface area contributed by atoms with Crippen molar-refractivity contribution in [2.75, 3.05) is 0 Å². The van der Waals surface area contributed by atoms with Crippen molar-refractivity contribution >= 4 is 17.2 Å². The number of aromatic nitrogens is 2. The Labute approximate surface area is 123 Å². The minimum atomic E-state index is -0.371. The largest absolute Gasteiger partial charge is 0.366 e. The SMILES string of the molecule is CCCc1c(-c2nccs2)c(C(N)=O)c(C)n1C(C)C. The van der Waals surface area contributed by atoms with Crippen LogP contribution < -0.4 is 5.73 Å². The highest BCUT2D eigenvalue weighted by Gasteiger charge is 2.26. The van der Waals surface area contributed by atoms with E-state index in [2.05, 4.69) is 30.3 Å². The van der Waals surface area contributed by atoms with Gasteiger partial charge in [-0.3, -0.25) is 4.79 Å². The summed E-state index contributed by atoms with van der Waals surface area (Å²) in [5, 5.41) is 2.81. The summed E-state index contributed by atoms with van der Waals surface area (Å²) in [7, 11) is 0. The molecule has 0 aliphatic rings. The maximum Gasteiger partial charge on any atom is 0.251 e. The van der Waals surface area contributed by atoms with E-state index < -0.39 is 0 Å². The number of carbonyl (C=O) groups excluding carboxylic acids is 1. The van der Waals surface area contributed by atoms with Crippen LogP contribution in [0.5, 0.6) is 0 Å². The van der Waals surface area contributed by atoms with Crippen molar-refractivity contribution in [3.8, 4) is 10.6 Å². The molecule has 0 unspecified atom stereocenters. The molecular formula is C15H21N3OS. The summed E-state index contributed by atoms with van der Waals surface area (Å²) in [5.74, 6) is -0.371. The van der Waals surface area contributed by atoms with E-state index in [0.717, 1.165) is 29.1 Å². The summed E-state index contributed by atoms with van der Waals surface area (Å²) in [6, 6.07) is 0.295. The van der Waals surface area contributed by atoms with Gasteiger partial charge >= 0.3 is 0 Å². The Bertz CT molecular complexity index is 612. The summed E-state index contributed by atoms with van der Waals surface area (Å²) in [6.07, 6.45) is 3.70. The van der Waals surface area contributed by atoms with Crippen LogP contribution in [0, 0.1) is 6.92 Å². The zero-order valence-electron chi connectivity index (χ0n) is 12.4. The lowest BCUT2D eigenvalue weighted by atomic mass is 10.1. The van der Waals surface area contributed by atoms with Crippen LogP contribution in [-0.4, -0.2) is 15.5 Å². The van der Waals surface area contributed by atoms with E-state index in [1.165, 1.54) is 5.69 Å². The topological polar surface area (TPSA) is 60.9 Å². The molecule has 0 spiro atoms. The number of rotatable bonds is 5.